The summed E-state index contributed by atoms with van der Waals surface area (Å²) < 4.78 is 11.2. The number of aromatic nitrogens is 4. The fourth-order valence-electron chi connectivity index (χ4n) is 3.85. The number of methoxy groups -OCH3 is 1. The second-order valence-corrected chi connectivity index (χ2v) is 7.56. The predicted molar refractivity (Wildman–Crippen MR) is 114 cm³/mol. The molecule has 1 aliphatic heterocycles. The van der Waals surface area contributed by atoms with E-state index in [1.165, 1.54) is 19.3 Å². The average Bonchev–Trinajstić information content (AvgIpc) is 3.24. The molecule has 2 N–H and O–H groups in total. The highest BCUT2D eigenvalue weighted by atomic mass is 16.5. The largest absolute Gasteiger partial charge is 0.481 e. The Morgan fingerprint density at radius 1 is 0.867 bits per heavy atom. The molecule has 1 unspecified atom stereocenters. The number of hydrogen-bond donors (Lipinski definition) is 2. The Kier molecular flexibility index (Phi) is 5.04. The van der Waals surface area contributed by atoms with Gasteiger partial charge in [-0.1, -0.05) is 6.42 Å². The number of nitrogens with zero attached hydrogens (tertiary/aromatic N) is 4. The normalized spacial score (nSPS) is 18.2. The fourth-order valence-corrected chi connectivity index (χ4v) is 3.85. The van der Waals surface area contributed by atoms with Crippen LogP contribution in [-0.2, 0) is 0 Å². The van der Waals surface area contributed by atoms with Crippen LogP contribution in [0, 0.1) is 0 Å². The Balaban J connectivity index is 1.25. The maximum atomic E-state index is 6.00. The summed E-state index contributed by atoms with van der Waals surface area (Å²) in [4.78, 5) is 18.0. The summed E-state index contributed by atoms with van der Waals surface area (Å²) in [6.45, 7) is 0. The Hall–Kier alpha value is -3.42. The lowest BCUT2D eigenvalue weighted by atomic mass is 9.98. The molecule has 0 radical (unpaired) electrons. The molecule has 5 rings (SSSR count). The summed E-state index contributed by atoms with van der Waals surface area (Å²) in [5, 5.41) is 6.64. The topological polar surface area (TPSA) is 94.1 Å². The molecular formula is C22H24N6O2. The van der Waals surface area contributed by atoms with Crippen molar-refractivity contribution in [3.63, 3.8) is 0 Å². The number of nitrogens with one attached hydrogen (secondary N) is 2. The van der Waals surface area contributed by atoms with Gasteiger partial charge in [0.1, 0.15) is 18.0 Å². The van der Waals surface area contributed by atoms with E-state index in [0.29, 0.717) is 17.9 Å². The molecule has 0 saturated heterocycles. The van der Waals surface area contributed by atoms with E-state index in [9.17, 15) is 0 Å². The van der Waals surface area contributed by atoms with Gasteiger partial charge in [0.2, 0.25) is 11.8 Å². The van der Waals surface area contributed by atoms with E-state index in [-0.39, 0.29) is 6.17 Å². The van der Waals surface area contributed by atoms with Gasteiger partial charge >= 0.3 is 0 Å². The first-order valence-corrected chi connectivity index (χ1v) is 10.3. The molecule has 0 aromatic carbocycles. The molecule has 0 amide bonds. The number of fused-ring (bicyclic) bond motifs is 1. The van der Waals surface area contributed by atoms with Crippen molar-refractivity contribution in [2.24, 2.45) is 0 Å². The van der Waals surface area contributed by atoms with Crippen molar-refractivity contribution in [2.75, 3.05) is 17.7 Å². The molecule has 1 aliphatic carbocycles. The van der Waals surface area contributed by atoms with Gasteiger partial charge in [0, 0.05) is 23.9 Å². The molecule has 8 heteroatoms. The van der Waals surface area contributed by atoms with Gasteiger partial charge in [-0.25, -0.2) is 4.98 Å². The predicted octanol–water partition coefficient (Wildman–Crippen LogP) is 4.19. The van der Waals surface area contributed by atoms with Crippen molar-refractivity contribution in [3.05, 3.63) is 48.5 Å². The molecule has 0 bridgehead atoms. The Bertz CT molecular complexity index is 1000. The lowest BCUT2D eigenvalue weighted by Crippen LogP contribution is -2.20. The maximum Gasteiger partial charge on any atom is 0.215 e. The first-order valence-electron chi connectivity index (χ1n) is 10.3. The van der Waals surface area contributed by atoms with Crippen LogP contribution in [0.25, 0.3) is 11.3 Å². The monoisotopic (exact) mass is 404 g/mol. The smallest absolute Gasteiger partial charge is 0.215 e. The quantitative estimate of drug-likeness (QED) is 0.654. The average molecular weight is 404 g/mol. The van der Waals surface area contributed by atoms with Crippen LogP contribution >= 0.6 is 0 Å². The minimum atomic E-state index is -0.189. The molecule has 1 atom stereocenters. The summed E-state index contributed by atoms with van der Waals surface area (Å²) in [5.41, 5.74) is 3.36. The second kappa shape index (κ2) is 8.14. The summed E-state index contributed by atoms with van der Waals surface area (Å²) in [6.07, 6.45) is 11.4. The maximum absolute atomic E-state index is 6.00. The Morgan fingerprint density at radius 3 is 2.47 bits per heavy atom. The third kappa shape index (κ3) is 3.85. The lowest BCUT2D eigenvalue weighted by molar-refractivity contribution is 0.148. The zero-order chi connectivity index (χ0) is 20.3. The molecular weight excluding hydrogens is 380 g/mol. The van der Waals surface area contributed by atoms with E-state index in [2.05, 4.69) is 30.6 Å². The molecule has 8 nitrogen and oxygen atoms in total. The van der Waals surface area contributed by atoms with Crippen molar-refractivity contribution in [3.8, 4) is 23.0 Å². The van der Waals surface area contributed by atoms with Crippen LogP contribution in [0.3, 0.4) is 0 Å². The number of ether oxygens (including phenoxy) is 2. The molecule has 1 fully saturated rings. The Labute approximate surface area is 175 Å². The van der Waals surface area contributed by atoms with Crippen LogP contribution in [0.4, 0.5) is 11.5 Å². The van der Waals surface area contributed by atoms with Crippen LogP contribution in [-0.4, -0.2) is 33.1 Å². The summed E-state index contributed by atoms with van der Waals surface area (Å²) in [6, 6.07) is 7.64. The van der Waals surface area contributed by atoms with Crippen molar-refractivity contribution >= 4 is 11.5 Å². The van der Waals surface area contributed by atoms with Crippen LogP contribution in [0.5, 0.6) is 11.8 Å². The van der Waals surface area contributed by atoms with Gasteiger partial charge in [-0.2, -0.15) is 4.98 Å². The van der Waals surface area contributed by atoms with Crippen LogP contribution in [0.1, 0.15) is 44.0 Å². The van der Waals surface area contributed by atoms with Gasteiger partial charge in [-0.3, -0.25) is 9.97 Å². The summed E-state index contributed by atoms with van der Waals surface area (Å²) in [5.74, 6) is 1.98. The van der Waals surface area contributed by atoms with Crippen LogP contribution < -0.4 is 20.1 Å². The Morgan fingerprint density at radius 2 is 1.73 bits per heavy atom. The highest BCUT2D eigenvalue weighted by Crippen LogP contribution is 2.34. The van der Waals surface area contributed by atoms with Crippen molar-refractivity contribution in [1.29, 1.82) is 0 Å². The van der Waals surface area contributed by atoms with Crippen LogP contribution in [0.15, 0.2) is 42.9 Å². The molecule has 3 aromatic rings. The van der Waals surface area contributed by atoms with Crippen molar-refractivity contribution < 1.29 is 9.47 Å². The highest BCUT2D eigenvalue weighted by Gasteiger charge is 2.24. The summed E-state index contributed by atoms with van der Waals surface area (Å²) >= 11 is 0. The molecule has 2 aliphatic rings. The van der Waals surface area contributed by atoms with E-state index < -0.39 is 0 Å². The van der Waals surface area contributed by atoms with Gasteiger partial charge in [0.25, 0.3) is 0 Å². The minimum Gasteiger partial charge on any atom is -0.481 e. The van der Waals surface area contributed by atoms with Gasteiger partial charge < -0.3 is 20.1 Å². The highest BCUT2D eigenvalue weighted by molar-refractivity contribution is 5.71. The van der Waals surface area contributed by atoms with E-state index in [0.717, 1.165) is 41.3 Å². The van der Waals surface area contributed by atoms with Crippen molar-refractivity contribution in [1.82, 2.24) is 19.9 Å². The molecule has 3 aromatic heterocycles. The minimum absolute atomic E-state index is 0.189. The molecule has 154 valence electrons. The van der Waals surface area contributed by atoms with Crippen LogP contribution in [0.2, 0.25) is 0 Å². The van der Waals surface area contributed by atoms with Gasteiger partial charge in [0.15, 0.2) is 5.82 Å². The van der Waals surface area contributed by atoms with E-state index in [1.807, 2.05) is 24.3 Å². The van der Waals surface area contributed by atoms with Crippen molar-refractivity contribution in [2.45, 2.75) is 44.4 Å². The zero-order valence-corrected chi connectivity index (χ0v) is 16.8. The SMILES string of the molecule is COc1ccc2c(n1)NC(c1cnc(-c3ccc(OC4CCCCC4)nc3)cn1)N2. The van der Waals surface area contributed by atoms with Gasteiger partial charge in [-0.05, 0) is 37.8 Å². The number of rotatable bonds is 5. The molecule has 4 heterocycles. The third-order valence-corrected chi connectivity index (χ3v) is 5.50. The lowest BCUT2D eigenvalue weighted by Gasteiger charge is -2.22. The molecule has 1 saturated carbocycles. The number of pyridine rings is 2. The second-order valence-electron chi connectivity index (χ2n) is 7.56. The fraction of sp³-hybridized carbons (Fsp3) is 0.364. The van der Waals surface area contributed by atoms with E-state index >= 15 is 0 Å². The first kappa shape index (κ1) is 18.6. The molecule has 0 spiro atoms. The first-order chi connectivity index (χ1) is 14.8. The standard InChI is InChI=1S/C22H24N6O2/c1-29-20-10-8-16-21(27-20)28-22(26-16)18-13-23-17(12-24-18)14-7-9-19(25-11-14)30-15-5-3-2-4-6-15/h7-13,15,22,26H,2-6H2,1H3,(H,27,28). The van der Waals surface area contributed by atoms with Gasteiger partial charge in [0.05, 0.1) is 30.9 Å². The third-order valence-electron chi connectivity index (χ3n) is 5.50. The van der Waals surface area contributed by atoms with E-state index in [4.69, 9.17) is 9.47 Å². The number of anilines is 2. The molecule has 30 heavy (non-hydrogen) atoms. The van der Waals surface area contributed by atoms with Gasteiger partial charge in [-0.15, -0.1) is 0 Å². The van der Waals surface area contributed by atoms with E-state index in [1.54, 1.807) is 25.7 Å². The zero-order valence-electron chi connectivity index (χ0n) is 16.8. The number of hydrogen-bond acceptors (Lipinski definition) is 8. The summed E-state index contributed by atoms with van der Waals surface area (Å²) in [7, 11) is 1.60.